The Labute approximate surface area is 148 Å². The summed E-state index contributed by atoms with van der Waals surface area (Å²) in [6, 6.07) is 0. The van der Waals surface area contributed by atoms with E-state index in [2.05, 4.69) is 39.8 Å². The molecule has 2 nitrogen and oxygen atoms in total. The normalized spacial score (nSPS) is 30.8. The van der Waals surface area contributed by atoms with E-state index >= 15 is 0 Å². The molecule has 136 valence electrons. The molecule has 2 aliphatic carbocycles. The molecule has 2 unspecified atom stereocenters. The van der Waals surface area contributed by atoms with Gasteiger partial charge in [0.15, 0.2) is 0 Å². The molecule has 0 spiro atoms. The van der Waals surface area contributed by atoms with E-state index in [1.807, 2.05) is 6.08 Å². The maximum Gasteiger partial charge on any atom is 0.0991 e. The molecule has 0 fully saturated rings. The van der Waals surface area contributed by atoms with Gasteiger partial charge in [0, 0.05) is 7.11 Å². The number of aliphatic hydroxyl groups excluding tert-OH is 1. The summed E-state index contributed by atoms with van der Waals surface area (Å²) in [6.07, 6.45) is 13.8. The maximum atomic E-state index is 10.8. The molecule has 2 heteroatoms. The van der Waals surface area contributed by atoms with Gasteiger partial charge < -0.3 is 9.84 Å². The van der Waals surface area contributed by atoms with Crippen LogP contribution in [0.1, 0.15) is 66.2 Å². The van der Waals surface area contributed by atoms with Crippen LogP contribution < -0.4 is 0 Å². The first-order chi connectivity index (χ1) is 11.5. The summed E-state index contributed by atoms with van der Waals surface area (Å²) >= 11 is 0. The first-order valence-electron chi connectivity index (χ1n) is 9.79. The quantitative estimate of drug-likeness (QED) is 0.444. The molecule has 4 atom stereocenters. The third kappa shape index (κ3) is 4.53. The van der Waals surface area contributed by atoms with Crippen LogP contribution in [0.3, 0.4) is 0 Å². The fourth-order valence-corrected chi connectivity index (χ4v) is 4.45. The fourth-order valence-electron chi connectivity index (χ4n) is 4.45. The minimum atomic E-state index is -0.0139. The van der Waals surface area contributed by atoms with Crippen LogP contribution in [0.4, 0.5) is 0 Å². The van der Waals surface area contributed by atoms with Gasteiger partial charge in [0.05, 0.1) is 17.8 Å². The van der Waals surface area contributed by atoms with Crippen LogP contribution >= 0.6 is 0 Å². The van der Waals surface area contributed by atoms with E-state index in [1.54, 1.807) is 7.11 Å². The number of methoxy groups -OCH3 is 1. The van der Waals surface area contributed by atoms with E-state index in [9.17, 15) is 5.11 Å². The standard InChI is InChI=1S/C22H36O2/c1-6-7-8-9-17-13-20(23)22(21(14-17)24-5)19-12-16(4)10-11-18(19)15(2)3/h12-15,18-19,21-23H,6-11H2,1-5H3/t18-,19+,21?,22?/m0/s1. The molecule has 2 rings (SSSR count). The predicted octanol–water partition coefficient (Wildman–Crippen LogP) is 6.21. The van der Waals surface area contributed by atoms with Gasteiger partial charge in [-0.2, -0.15) is 0 Å². The molecule has 0 radical (unpaired) electrons. The van der Waals surface area contributed by atoms with Gasteiger partial charge in [-0.1, -0.05) is 51.3 Å². The summed E-state index contributed by atoms with van der Waals surface area (Å²) < 4.78 is 5.82. The van der Waals surface area contributed by atoms with E-state index in [1.165, 1.54) is 43.3 Å². The maximum absolute atomic E-state index is 10.8. The van der Waals surface area contributed by atoms with Gasteiger partial charge in [0.2, 0.25) is 0 Å². The Morgan fingerprint density at radius 1 is 1.25 bits per heavy atom. The van der Waals surface area contributed by atoms with Crippen molar-refractivity contribution in [3.8, 4) is 0 Å². The zero-order valence-corrected chi connectivity index (χ0v) is 16.2. The molecule has 24 heavy (non-hydrogen) atoms. The van der Waals surface area contributed by atoms with Gasteiger partial charge in [-0.05, 0) is 62.0 Å². The van der Waals surface area contributed by atoms with Crippen LogP contribution in [0, 0.1) is 23.7 Å². The number of hydrogen-bond acceptors (Lipinski definition) is 2. The second-order valence-electron chi connectivity index (χ2n) is 8.03. The molecule has 0 aromatic heterocycles. The van der Waals surface area contributed by atoms with E-state index < -0.39 is 0 Å². The predicted molar refractivity (Wildman–Crippen MR) is 102 cm³/mol. The van der Waals surface area contributed by atoms with E-state index in [4.69, 9.17) is 4.74 Å². The molecule has 0 bridgehead atoms. The Hall–Kier alpha value is -1.02. The van der Waals surface area contributed by atoms with Crippen molar-refractivity contribution < 1.29 is 9.84 Å². The van der Waals surface area contributed by atoms with Crippen molar-refractivity contribution in [3.63, 3.8) is 0 Å². The van der Waals surface area contributed by atoms with Gasteiger partial charge in [-0.3, -0.25) is 0 Å². The zero-order valence-electron chi connectivity index (χ0n) is 16.2. The van der Waals surface area contributed by atoms with Crippen molar-refractivity contribution in [1.82, 2.24) is 0 Å². The fraction of sp³-hybridized carbons (Fsp3) is 0.727. The van der Waals surface area contributed by atoms with E-state index in [0.717, 1.165) is 6.42 Å². The van der Waals surface area contributed by atoms with Crippen molar-refractivity contribution in [2.45, 2.75) is 72.3 Å². The molecule has 0 heterocycles. The number of aliphatic hydroxyl groups is 1. The van der Waals surface area contributed by atoms with Crippen molar-refractivity contribution in [1.29, 1.82) is 0 Å². The monoisotopic (exact) mass is 332 g/mol. The molecule has 0 aromatic carbocycles. The lowest BCUT2D eigenvalue weighted by Crippen LogP contribution is -2.38. The minimum Gasteiger partial charge on any atom is -0.512 e. The molecular weight excluding hydrogens is 296 g/mol. The largest absolute Gasteiger partial charge is 0.512 e. The van der Waals surface area contributed by atoms with Crippen molar-refractivity contribution in [2.24, 2.45) is 23.7 Å². The summed E-state index contributed by atoms with van der Waals surface area (Å²) in [6.45, 7) is 9.06. The molecule has 0 aliphatic heterocycles. The Kier molecular flexibility index (Phi) is 7.16. The molecule has 0 aromatic rings. The van der Waals surface area contributed by atoms with Gasteiger partial charge in [0.25, 0.3) is 0 Å². The highest BCUT2D eigenvalue weighted by molar-refractivity contribution is 5.31. The molecule has 0 amide bonds. The number of ether oxygens (including phenoxy) is 1. The Bertz CT molecular complexity index is 498. The van der Waals surface area contributed by atoms with Crippen LogP contribution in [-0.4, -0.2) is 18.3 Å². The Morgan fingerprint density at radius 3 is 2.62 bits per heavy atom. The average molecular weight is 333 g/mol. The summed E-state index contributed by atoms with van der Waals surface area (Å²) in [4.78, 5) is 0. The molecular formula is C22H36O2. The highest BCUT2D eigenvalue weighted by Gasteiger charge is 2.39. The van der Waals surface area contributed by atoms with Gasteiger partial charge in [-0.25, -0.2) is 0 Å². The van der Waals surface area contributed by atoms with Crippen molar-refractivity contribution in [2.75, 3.05) is 7.11 Å². The highest BCUT2D eigenvalue weighted by Crippen LogP contribution is 2.44. The third-order valence-corrected chi connectivity index (χ3v) is 5.86. The van der Waals surface area contributed by atoms with Crippen LogP contribution in [0.2, 0.25) is 0 Å². The first-order valence-corrected chi connectivity index (χ1v) is 9.79. The summed E-state index contributed by atoms with van der Waals surface area (Å²) in [7, 11) is 1.78. The Morgan fingerprint density at radius 2 is 2.00 bits per heavy atom. The average Bonchev–Trinajstić information content (AvgIpc) is 2.54. The number of unbranched alkanes of at least 4 members (excludes halogenated alkanes) is 2. The van der Waals surface area contributed by atoms with Gasteiger partial charge in [-0.15, -0.1) is 0 Å². The van der Waals surface area contributed by atoms with E-state index in [-0.39, 0.29) is 12.0 Å². The lowest BCUT2D eigenvalue weighted by molar-refractivity contribution is 0.0404. The van der Waals surface area contributed by atoms with Crippen LogP contribution in [-0.2, 0) is 4.74 Å². The summed E-state index contributed by atoms with van der Waals surface area (Å²) in [5.74, 6) is 2.19. The number of hydrogen-bond donors (Lipinski definition) is 1. The minimum absolute atomic E-state index is 0.0139. The number of rotatable bonds is 7. The zero-order chi connectivity index (χ0) is 17.7. The third-order valence-electron chi connectivity index (χ3n) is 5.86. The summed E-state index contributed by atoms with van der Waals surface area (Å²) in [5, 5.41) is 10.8. The smallest absolute Gasteiger partial charge is 0.0991 e. The first kappa shape index (κ1) is 19.3. The molecule has 2 aliphatic rings. The Balaban J connectivity index is 2.22. The number of allylic oxidation sites excluding steroid dienone is 4. The van der Waals surface area contributed by atoms with Crippen LogP contribution in [0.15, 0.2) is 35.1 Å². The van der Waals surface area contributed by atoms with Crippen LogP contribution in [0.25, 0.3) is 0 Å². The molecule has 0 saturated heterocycles. The molecule has 0 saturated carbocycles. The van der Waals surface area contributed by atoms with E-state index in [0.29, 0.717) is 23.5 Å². The summed E-state index contributed by atoms with van der Waals surface area (Å²) in [5.41, 5.74) is 2.69. The highest BCUT2D eigenvalue weighted by atomic mass is 16.5. The van der Waals surface area contributed by atoms with Gasteiger partial charge in [0.1, 0.15) is 0 Å². The SMILES string of the molecule is CCCCCC1=CC(OC)C([C@@H]2C=C(C)CC[C@H]2C(C)C)C(O)=C1. The van der Waals surface area contributed by atoms with Crippen molar-refractivity contribution >= 4 is 0 Å². The van der Waals surface area contributed by atoms with Gasteiger partial charge >= 0.3 is 0 Å². The lowest BCUT2D eigenvalue weighted by atomic mass is 9.66. The lowest BCUT2D eigenvalue weighted by Gasteiger charge is -2.41. The van der Waals surface area contributed by atoms with Crippen molar-refractivity contribution in [3.05, 3.63) is 35.1 Å². The topological polar surface area (TPSA) is 29.5 Å². The molecule has 1 N–H and O–H groups in total. The van der Waals surface area contributed by atoms with Crippen LogP contribution in [0.5, 0.6) is 0 Å². The second kappa shape index (κ2) is 8.89. The second-order valence-corrected chi connectivity index (χ2v) is 8.03.